The van der Waals surface area contributed by atoms with Gasteiger partial charge >= 0.3 is 0 Å². The van der Waals surface area contributed by atoms with Crippen molar-refractivity contribution in [2.75, 3.05) is 19.6 Å². The highest BCUT2D eigenvalue weighted by Crippen LogP contribution is 2.64. The van der Waals surface area contributed by atoms with Gasteiger partial charge in [0.05, 0.1) is 12.1 Å². The fraction of sp³-hybridized carbons (Fsp3) is 0.962. The van der Waals surface area contributed by atoms with Crippen molar-refractivity contribution in [2.45, 2.75) is 96.5 Å². The average Bonchev–Trinajstić information content (AvgIpc) is 3.05. The third kappa shape index (κ3) is 3.63. The second kappa shape index (κ2) is 7.62. The number of likely N-dealkylation sites (tertiary alicyclic amines) is 1. The molecule has 3 nitrogen and oxygen atoms in total. The Balaban J connectivity index is 1.28. The molecule has 0 unspecified atom stereocenters. The van der Waals surface area contributed by atoms with Gasteiger partial charge in [0.2, 0.25) is 0 Å². The second-order valence-corrected chi connectivity index (χ2v) is 12.2. The van der Waals surface area contributed by atoms with Crippen LogP contribution in [0.1, 0.15) is 90.9 Å². The number of carbonyl (C=O) groups excluding carboxylic acids is 1. The Morgan fingerprint density at radius 1 is 0.897 bits per heavy atom. The molecule has 4 aliphatic carbocycles. The van der Waals surface area contributed by atoms with E-state index in [0.717, 1.165) is 68.5 Å². The van der Waals surface area contributed by atoms with Gasteiger partial charge in [0.15, 0.2) is 0 Å². The van der Waals surface area contributed by atoms with Crippen LogP contribution in [0.3, 0.4) is 0 Å². The first-order valence-electron chi connectivity index (χ1n) is 12.8. The first-order valence-corrected chi connectivity index (χ1v) is 12.8. The summed E-state index contributed by atoms with van der Waals surface area (Å²) >= 11 is 0. The summed E-state index contributed by atoms with van der Waals surface area (Å²) in [5, 5.41) is 10.6. The standard InChI is InChI=1S/C26H43NO2/c1-25(29)12-10-19-18(16-25)6-7-21-20(19)11-13-26(2)22(21)8-9-23(26)24(28)17-27-14-4-3-5-15-27/h18-23,29H,3-17H2,1-2H3/t18-,19-,20+,21+,22-,23+,25+,26-/m0/s1. The molecule has 1 saturated heterocycles. The van der Waals surface area contributed by atoms with E-state index in [-0.39, 0.29) is 5.41 Å². The number of aliphatic hydroxyl groups is 1. The number of hydrogen-bond acceptors (Lipinski definition) is 3. The van der Waals surface area contributed by atoms with E-state index in [9.17, 15) is 9.90 Å². The van der Waals surface area contributed by atoms with Crippen LogP contribution < -0.4 is 0 Å². The summed E-state index contributed by atoms with van der Waals surface area (Å²) in [4.78, 5) is 15.8. The second-order valence-electron chi connectivity index (χ2n) is 12.2. The van der Waals surface area contributed by atoms with E-state index in [0.29, 0.717) is 11.7 Å². The highest BCUT2D eigenvalue weighted by atomic mass is 16.3. The van der Waals surface area contributed by atoms with Gasteiger partial charge < -0.3 is 5.11 Å². The van der Waals surface area contributed by atoms with Crippen LogP contribution in [0, 0.1) is 40.9 Å². The van der Waals surface area contributed by atoms with Crippen LogP contribution in [0.2, 0.25) is 0 Å². The lowest BCUT2D eigenvalue weighted by atomic mass is 9.49. The summed E-state index contributed by atoms with van der Waals surface area (Å²) in [6.45, 7) is 7.55. The van der Waals surface area contributed by atoms with Gasteiger partial charge in [-0.25, -0.2) is 0 Å². The molecule has 0 aromatic rings. The molecule has 1 heterocycles. The van der Waals surface area contributed by atoms with Gasteiger partial charge in [0.25, 0.3) is 0 Å². The van der Waals surface area contributed by atoms with Crippen LogP contribution in [-0.4, -0.2) is 41.0 Å². The van der Waals surface area contributed by atoms with Crippen molar-refractivity contribution in [1.29, 1.82) is 0 Å². The predicted octanol–water partition coefficient (Wildman–Crippen LogP) is 5.06. The Bertz CT molecular complexity index is 624. The Kier molecular flexibility index (Phi) is 5.39. The van der Waals surface area contributed by atoms with Gasteiger partial charge in [0.1, 0.15) is 5.78 Å². The van der Waals surface area contributed by atoms with Crippen molar-refractivity contribution in [3.05, 3.63) is 0 Å². The largest absolute Gasteiger partial charge is 0.390 e. The maximum Gasteiger partial charge on any atom is 0.150 e. The zero-order valence-corrected chi connectivity index (χ0v) is 18.9. The summed E-state index contributed by atoms with van der Waals surface area (Å²) in [7, 11) is 0. The van der Waals surface area contributed by atoms with Crippen molar-refractivity contribution < 1.29 is 9.90 Å². The van der Waals surface area contributed by atoms with Crippen molar-refractivity contribution in [3.63, 3.8) is 0 Å². The first kappa shape index (κ1) is 20.5. The molecule has 0 amide bonds. The van der Waals surface area contributed by atoms with Crippen LogP contribution in [-0.2, 0) is 4.79 Å². The molecule has 5 aliphatic rings. The molecule has 164 valence electrons. The monoisotopic (exact) mass is 401 g/mol. The minimum Gasteiger partial charge on any atom is -0.390 e. The zero-order chi connectivity index (χ0) is 20.2. The summed E-state index contributed by atoms with van der Waals surface area (Å²) in [5.41, 5.74) is -0.155. The van der Waals surface area contributed by atoms with Crippen LogP contribution in [0.25, 0.3) is 0 Å². The number of rotatable bonds is 3. The van der Waals surface area contributed by atoms with Gasteiger partial charge in [-0.1, -0.05) is 13.3 Å². The minimum atomic E-state index is -0.420. The topological polar surface area (TPSA) is 40.5 Å². The van der Waals surface area contributed by atoms with Crippen molar-refractivity contribution in [3.8, 4) is 0 Å². The van der Waals surface area contributed by atoms with E-state index in [1.54, 1.807) is 0 Å². The molecule has 0 radical (unpaired) electrons. The Labute approximate surface area is 178 Å². The average molecular weight is 402 g/mol. The highest BCUT2D eigenvalue weighted by Gasteiger charge is 2.58. The maximum atomic E-state index is 13.4. The normalized spacial score (nSPS) is 50.4. The molecule has 3 heteroatoms. The lowest BCUT2D eigenvalue weighted by Gasteiger charge is -2.57. The molecule has 0 bridgehead atoms. The smallest absolute Gasteiger partial charge is 0.150 e. The van der Waals surface area contributed by atoms with Gasteiger partial charge in [0, 0.05) is 5.92 Å². The lowest BCUT2D eigenvalue weighted by molar-refractivity contribution is -0.133. The summed E-state index contributed by atoms with van der Waals surface area (Å²) in [6.07, 6.45) is 14.9. The number of Topliss-reactive ketones (excluding diaryl/α,β-unsaturated/α-hetero) is 1. The number of ketones is 1. The SMILES string of the molecule is C[C@@]1(O)CC[C@H]2[C@@H](CC[C@@H]3[C@@H]2CC[C@]2(C)[C@@H](C(=O)CN4CCCCC4)CC[C@@H]32)C1. The molecule has 1 N–H and O–H groups in total. The number of nitrogens with zero attached hydrogens (tertiary/aromatic N) is 1. The molecule has 0 aromatic carbocycles. The van der Waals surface area contributed by atoms with Crippen LogP contribution >= 0.6 is 0 Å². The molecule has 8 atom stereocenters. The van der Waals surface area contributed by atoms with Crippen LogP contribution in [0.5, 0.6) is 0 Å². The van der Waals surface area contributed by atoms with E-state index >= 15 is 0 Å². The van der Waals surface area contributed by atoms with Crippen LogP contribution in [0.4, 0.5) is 0 Å². The van der Waals surface area contributed by atoms with E-state index in [4.69, 9.17) is 0 Å². The van der Waals surface area contributed by atoms with E-state index in [1.165, 1.54) is 57.8 Å². The van der Waals surface area contributed by atoms with Crippen molar-refractivity contribution in [2.24, 2.45) is 40.9 Å². The van der Waals surface area contributed by atoms with Crippen molar-refractivity contribution >= 4 is 5.78 Å². The molecule has 5 fully saturated rings. The van der Waals surface area contributed by atoms with Gasteiger partial charge in [-0.3, -0.25) is 9.69 Å². The summed E-state index contributed by atoms with van der Waals surface area (Å²) < 4.78 is 0. The quantitative estimate of drug-likeness (QED) is 0.718. The third-order valence-corrected chi connectivity index (χ3v) is 10.5. The summed E-state index contributed by atoms with van der Waals surface area (Å²) in [5.74, 6) is 4.99. The molecule has 0 aromatic heterocycles. The molecular weight excluding hydrogens is 358 g/mol. The molecular formula is C26H43NO2. The number of hydrogen-bond donors (Lipinski definition) is 1. The lowest BCUT2D eigenvalue weighted by Crippen LogP contribution is -2.51. The van der Waals surface area contributed by atoms with E-state index in [2.05, 4.69) is 18.7 Å². The van der Waals surface area contributed by atoms with Crippen molar-refractivity contribution in [1.82, 2.24) is 4.90 Å². The minimum absolute atomic E-state index is 0.265. The molecule has 29 heavy (non-hydrogen) atoms. The molecule has 1 aliphatic heterocycles. The predicted molar refractivity (Wildman–Crippen MR) is 117 cm³/mol. The highest BCUT2D eigenvalue weighted by molar-refractivity contribution is 5.84. The fourth-order valence-electron chi connectivity index (χ4n) is 9.06. The van der Waals surface area contributed by atoms with Gasteiger partial charge in [-0.15, -0.1) is 0 Å². The Hall–Kier alpha value is -0.410. The van der Waals surface area contributed by atoms with E-state index in [1.807, 2.05) is 0 Å². The van der Waals surface area contributed by atoms with Crippen LogP contribution in [0.15, 0.2) is 0 Å². The van der Waals surface area contributed by atoms with Gasteiger partial charge in [-0.2, -0.15) is 0 Å². The summed E-state index contributed by atoms with van der Waals surface area (Å²) in [6, 6.07) is 0. The maximum absolute atomic E-state index is 13.4. The number of carbonyl (C=O) groups is 1. The van der Waals surface area contributed by atoms with Gasteiger partial charge in [-0.05, 0) is 126 Å². The zero-order valence-electron chi connectivity index (χ0n) is 18.9. The number of piperidine rings is 1. The Morgan fingerprint density at radius 3 is 2.45 bits per heavy atom. The van der Waals surface area contributed by atoms with E-state index < -0.39 is 5.60 Å². The Morgan fingerprint density at radius 2 is 1.66 bits per heavy atom. The third-order valence-electron chi connectivity index (χ3n) is 10.5. The number of fused-ring (bicyclic) bond motifs is 5. The fourth-order valence-corrected chi connectivity index (χ4v) is 9.06. The first-order chi connectivity index (χ1) is 13.9. The molecule has 4 saturated carbocycles. The molecule has 0 spiro atoms. The molecule has 5 rings (SSSR count).